The Kier molecular flexibility index (Phi) is 5.66. The molecule has 0 bridgehead atoms. The molecule has 1 atom stereocenters. The fourth-order valence-electron chi connectivity index (χ4n) is 0.715. The molecule has 0 aliphatic carbocycles. The molecule has 13 heavy (non-hydrogen) atoms. The Labute approximate surface area is 79.7 Å². The van der Waals surface area contributed by atoms with Crippen LogP contribution in [0.5, 0.6) is 0 Å². The van der Waals surface area contributed by atoms with Crippen LogP contribution in [0.2, 0.25) is 0 Å². The number of nitrogens with one attached hydrogen (secondary N) is 2. The quantitative estimate of drug-likeness (QED) is 0.544. The summed E-state index contributed by atoms with van der Waals surface area (Å²) in [6, 6.07) is 0. The molecule has 1 unspecified atom stereocenters. The van der Waals surface area contributed by atoms with Crippen LogP contribution in [0, 0.1) is 0 Å². The summed E-state index contributed by atoms with van der Waals surface area (Å²) >= 11 is 0. The van der Waals surface area contributed by atoms with E-state index >= 15 is 0 Å². The van der Waals surface area contributed by atoms with E-state index in [9.17, 15) is 9.90 Å². The Hall–Kier alpha value is -0.610. The number of rotatable bonds is 6. The smallest absolute Gasteiger partial charge is 0.234 e. The van der Waals surface area contributed by atoms with Crippen molar-refractivity contribution in [3.8, 4) is 0 Å². The molecule has 0 aromatic heterocycles. The van der Waals surface area contributed by atoms with Gasteiger partial charge in [-0.25, -0.2) is 0 Å². The average molecular weight is 188 g/mol. The second-order valence-corrected chi connectivity index (χ2v) is 3.41. The van der Waals surface area contributed by atoms with Crippen molar-refractivity contribution < 1.29 is 9.90 Å². The van der Waals surface area contributed by atoms with Crippen LogP contribution in [0.1, 0.15) is 27.2 Å². The van der Waals surface area contributed by atoms with E-state index in [0.29, 0.717) is 19.5 Å². The highest BCUT2D eigenvalue weighted by molar-refractivity contribution is 5.78. The van der Waals surface area contributed by atoms with Gasteiger partial charge in [0.05, 0.1) is 12.1 Å². The minimum absolute atomic E-state index is 0.0735. The van der Waals surface area contributed by atoms with Gasteiger partial charge in [0.25, 0.3) is 0 Å². The zero-order valence-electron chi connectivity index (χ0n) is 8.68. The lowest BCUT2D eigenvalue weighted by Crippen LogP contribution is -2.43. The molecule has 4 heteroatoms. The van der Waals surface area contributed by atoms with E-state index in [1.807, 2.05) is 13.8 Å². The Balaban J connectivity index is 3.57. The summed E-state index contributed by atoms with van der Waals surface area (Å²) in [6.07, 6.45) is 0.633. The third kappa shape index (κ3) is 6.54. The molecule has 0 spiro atoms. The maximum atomic E-state index is 11.1. The van der Waals surface area contributed by atoms with Gasteiger partial charge < -0.3 is 15.7 Å². The van der Waals surface area contributed by atoms with Crippen LogP contribution in [-0.4, -0.2) is 36.2 Å². The van der Waals surface area contributed by atoms with Crippen molar-refractivity contribution in [1.82, 2.24) is 10.6 Å². The first-order valence-electron chi connectivity index (χ1n) is 4.71. The molecule has 0 saturated carbocycles. The van der Waals surface area contributed by atoms with Crippen molar-refractivity contribution in [3.63, 3.8) is 0 Å². The van der Waals surface area contributed by atoms with Gasteiger partial charge in [0.1, 0.15) is 0 Å². The van der Waals surface area contributed by atoms with Gasteiger partial charge in [0.2, 0.25) is 5.91 Å². The number of carbonyl (C=O) groups is 1. The minimum Gasteiger partial charge on any atom is -0.388 e. The normalized spacial score (nSPS) is 15.1. The summed E-state index contributed by atoms with van der Waals surface area (Å²) in [5.41, 5.74) is -0.790. The van der Waals surface area contributed by atoms with E-state index in [-0.39, 0.29) is 5.91 Å². The van der Waals surface area contributed by atoms with E-state index < -0.39 is 5.60 Å². The molecule has 0 aliphatic heterocycles. The predicted octanol–water partition coefficient (Wildman–Crippen LogP) is -0.127. The summed E-state index contributed by atoms with van der Waals surface area (Å²) in [6.45, 7) is 6.94. The zero-order valence-corrected chi connectivity index (χ0v) is 8.68. The summed E-state index contributed by atoms with van der Waals surface area (Å²) in [4.78, 5) is 11.1. The SMILES string of the molecule is CCNCC(=O)NCC(C)(O)CC. The highest BCUT2D eigenvalue weighted by Gasteiger charge is 2.17. The maximum Gasteiger partial charge on any atom is 0.234 e. The first kappa shape index (κ1) is 12.4. The first-order chi connectivity index (χ1) is 6.02. The molecule has 0 radical (unpaired) electrons. The molecule has 4 nitrogen and oxygen atoms in total. The van der Waals surface area contributed by atoms with Gasteiger partial charge in [-0.2, -0.15) is 0 Å². The lowest BCUT2D eigenvalue weighted by molar-refractivity contribution is -0.121. The van der Waals surface area contributed by atoms with Crippen molar-refractivity contribution in [2.45, 2.75) is 32.8 Å². The second kappa shape index (κ2) is 5.94. The van der Waals surface area contributed by atoms with Gasteiger partial charge in [-0.05, 0) is 19.9 Å². The summed E-state index contributed by atoms with van der Waals surface area (Å²) in [5, 5.41) is 15.1. The van der Waals surface area contributed by atoms with E-state index in [4.69, 9.17) is 0 Å². The van der Waals surface area contributed by atoms with Crippen LogP contribution in [0.25, 0.3) is 0 Å². The lowest BCUT2D eigenvalue weighted by atomic mass is 10.0. The lowest BCUT2D eigenvalue weighted by Gasteiger charge is -2.21. The van der Waals surface area contributed by atoms with Crippen LogP contribution in [0.4, 0.5) is 0 Å². The third-order valence-electron chi connectivity index (χ3n) is 1.96. The molecule has 0 aromatic rings. The van der Waals surface area contributed by atoms with Crippen LogP contribution in [0.15, 0.2) is 0 Å². The monoisotopic (exact) mass is 188 g/mol. The Morgan fingerprint density at radius 2 is 2.08 bits per heavy atom. The number of amides is 1. The van der Waals surface area contributed by atoms with Gasteiger partial charge >= 0.3 is 0 Å². The van der Waals surface area contributed by atoms with Gasteiger partial charge in [-0.3, -0.25) is 4.79 Å². The number of hydrogen-bond acceptors (Lipinski definition) is 3. The van der Waals surface area contributed by atoms with Gasteiger partial charge in [0, 0.05) is 6.54 Å². The van der Waals surface area contributed by atoms with Crippen molar-refractivity contribution in [2.75, 3.05) is 19.6 Å². The highest BCUT2D eigenvalue weighted by atomic mass is 16.3. The molecule has 0 rings (SSSR count). The minimum atomic E-state index is -0.790. The molecular weight excluding hydrogens is 168 g/mol. The zero-order chi connectivity index (χ0) is 10.3. The van der Waals surface area contributed by atoms with E-state index in [1.54, 1.807) is 6.92 Å². The molecular formula is C9H20N2O2. The van der Waals surface area contributed by atoms with Crippen molar-refractivity contribution >= 4 is 5.91 Å². The molecule has 3 N–H and O–H groups in total. The molecule has 0 saturated heterocycles. The maximum absolute atomic E-state index is 11.1. The Morgan fingerprint density at radius 1 is 1.46 bits per heavy atom. The van der Waals surface area contributed by atoms with Crippen LogP contribution < -0.4 is 10.6 Å². The van der Waals surface area contributed by atoms with Crippen LogP contribution >= 0.6 is 0 Å². The number of carbonyl (C=O) groups excluding carboxylic acids is 1. The fraction of sp³-hybridized carbons (Fsp3) is 0.889. The Morgan fingerprint density at radius 3 is 2.54 bits per heavy atom. The molecule has 78 valence electrons. The topological polar surface area (TPSA) is 61.4 Å². The van der Waals surface area contributed by atoms with Crippen molar-refractivity contribution in [2.24, 2.45) is 0 Å². The largest absolute Gasteiger partial charge is 0.388 e. The van der Waals surface area contributed by atoms with E-state index in [0.717, 1.165) is 6.54 Å². The Bertz CT molecular complexity index is 158. The summed E-state index contributed by atoms with van der Waals surface area (Å²) in [5.74, 6) is -0.0735. The first-order valence-corrected chi connectivity index (χ1v) is 4.71. The molecule has 1 amide bonds. The summed E-state index contributed by atoms with van der Waals surface area (Å²) < 4.78 is 0. The molecule has 0 fully saturated rings. The predicted molar refractivity (Wildman–Crippen MR) is 52.5 cm³/mol. The molecule has 0 heterocycles. The van der Waals surface area contributed by atoms with Gasteiger partial charge in [-0.1, -0.05) is 13.8 Å². The third-order valence-corrected chi connectivity index (χ3v) is 1.96. The van der Waals surface area contributed by atoms with Crippen LogP contribution in [0.3, 0.4) is 0 Å². The highest BCUT2D eigenvalue weighted by Crippen LogP contribution is 2.05. The average Bonchev–Trinajstić information content (AvgIpc) is 2.11. The van der Waals surface area contributed by atoms with E-state index in [2.05, 4.69) is 10.6 Å². The molecule has 0 aliphatic rings. The standard InChI is InChI=1S/C9H20N2O2/c1-4-9(3,13)7-11-8(12)6-10-5-2/h10,13H,4-7H2,1-3H3,(H,11,12). The number of hydrogen-bond donors (Lipinski definition) is 3. The van der Waals surface area contributed by atoms with Crippen molar-refractivity contribution in [3.05, 3.63) is 0 Å². The van der Waals surface area contributed by atoms with Crippen molar-refractivity contribution in [1.29, 1.82) is 0 Å². The second-order valence-electron chi connectivity index (χ2n) is 3.41. The number of aliphatic hydroxyl groups is 1. The van der Waals surface area contributed by atoms with E-state index in [1.165, 1.54) is 0 Å². The summed E-state index contributed by atoms with van der Waals surface area (Å²) in [7, 11) is 0. The fourth-order valence-corrected chi connectivity index (χ4v) is 0.715. The molecule has 0 aromatic carbocycles. The van der Waals surface area contributed by atoms with Crippen LogP contribution in [-0.2, 0) is 4.79 Å². The van der Waals surface area contributed by atoms with Gasteiger partial charge in [0.15, 0.2) is 0 Å². The van der Waals surface area contributed by atoms with Gasteiger partial charge in [-0.15, -0.1) is 0 Å². The number of likely N-dealkylation sites (N-methyl/N-ethyl adjacent to an activating group) is 1.